The number of para-hydroxylation sites is 5. The highest BCUT2D eigenvalue weighted by Gasteiger charge is 2.25. The normalized spacial score (nSPS) is 12.7. The van der Waals surface area contributed by atoms with E-state index in [9.17, 15) is 0 Å². The van der Waals surface area contributed by atoms with Gasteiger partial charge < -0.3 is 13.9 Å². The fourth-order valence-corrected chi connectivity index (χ4v) is 8.21. The van der Waals surface area contributed by atoms with E-state index in [4.69, 9.17) is 4.42 Å². The smallest absolute Gasteiger partial charge is 0.159 e. The maximum absolute atomic E-state index is 6.49. The van der Waals surface area contributed by atoms with Crippen LogP contribution in [0.3, 0.4) is 0 Å². The minimum atomic E-state index is 0.908. The van der Waals surface area contributed by atoms with Gasteiger partial charge in [-0.3, -0.25) is 0 Å². The van der Waals surface area contributed by atoms with E-state index in [1.54, 1.807) is 0 Å². The van der Waals surface area contributed by atoms with Crippen LogP contribution < -0.4 is 4.90 Å². The SMILES string of the molecule is c1ccc(N2c3ccccc3Sc3cc(-c4ccc5c(c4)c4ccccc4n5-c4cccc5c4oc4ccccc45)ccc32)cc1. The minimum Gasteiger partial charge on any atom is -0.454 e. The van der Waals surface area contributed by atoms with Crippen LogP contribution in [0.4, 0.5) is 17.1 Å². The highest BCUT2D eigenvalue weighted by molar-refractivity contribution is 7.99. The van der Waals surface area contributed by atoms with Crippen LogP contribution in [-0.4, -0.2) is 4.57 Å². The summed E-state index contributed by atoms with van der Waals surface area (Å²) in [6, 6.07) is 56.5. The molecular weight excluding hydrogens is 581 g/mol. The molecule has 1 aliphatic rings. The summed E-state index contributed by atoms with van der Waals surface area (Å²) in [6.07, 6.45) is 0. The van der Waals surface area contributed by atoms with Gasteiger partial charge in [-0.25, -0.2) is 0 Å². The predicted octanol–water partition coefficient (Wildman–Crippen LogP) is 12.3. The van der Waals surface area contributed by atoms with Gasteiger partial charge in [0.2, 0.25) is 0 Å². The molecule has 3 nitrogen and oxygen atoms in total. The molecule has 0 N–H and O–H groups in total. The lowest BCUT2D eigenvalue weighted by Gasteiger charge is -2.33. The molecule has 7 aromatic carbocycles. The van der Waals surface area contributed by atoms with E-state index in [0.717, 1.165) is 38.8 Å². The Labute approximate surface area is 269 Å². The largest absolute Gasteiger partial charge is 0.454 e. The van der Waals surface area contributed by atoms with Crippen molar-refractivity contribution in [3.63, 3.8) is 0 Å². The average molecular weight is 607 g/mol. The summed E-state index contributed by atoms with van der Waals surface area (Å²) in [7, 11) is 0. The molecule has 1 aliphatic heterocycles. The zero-order valence-electron chi connectivity index (χ0n) is 24.7. The Morgan fingerprint density at radius 2 is 1.11 bits per heavy atom. The van der Waals surface area contributed by atoms with Crippen LogP contribution in [0, 0.1) is 0 Å². The summed E-state index contributed by atoms with van der Waals surface area (Å²) in [5.41, 5.74) is 11.2. The average Bonchev–Trinajstić information content (AvgIpc) is 3.66. The number of aromatic nitrogens is 1. The van der Waals surface area contributed by atoms with Gasteiger partial charge in [0, 0.05) is 37.0 Å². The van der Waals surface area contributed by atoms with E-state index >= 15 is 0 Å². The Hall–Kier alpha value is -5.71. The molecule has 0 bridgehead atoms. The van der Waals surface area contributed by atoms with Gasteiger partial charge in [0.05, 0.1) is 28.1 Å². The molecule has 4 heteroatoms. The molecule has 0 atom stereocenters. The van der Waals surface area contributed by atoms with Crippen molar-refractivity contribution in [1.82, 2.24) is 4.57 Å². The van der Waals surface area contributed by atoms with E-state index in [2.05, 4.69) is 155 Å². The highest BCUT2D eigenvalue weighted by atomic mass is 32.2. The molecule has 46 heavy (non-hydrogen) atoms. The quantitative estimate of drug-likeness (QED) is 0.200. The molecule has 0 fully saturated rings. The van der Waals surface area contributed by atoms with Crippen LogP contribution in [0.2, 0.25) is 0 Å². The van der Waals surface area contributed by atoms with Crippen molar-refractivity contribution in [2.75, 3.05) is 4.90 Å². The summed E-state index contributed by atoms with van der Waals surface area (Å²) >= 11 is 1.84. The molecular formula is C42H26N2OS. The fraction of sp³-hybridized carbons (Fsp3) is 0. The second kappa shape index (κ2) is 9.90. The molecule has 9 aromatic rings. The van der Waals surface area contributed by atoms with Crippen LogP contribution in [0.5, 0.6) is 0 Å². The van der Waals surface area contributed by atoms with Crippen LogP contribution in [0.1, 0.15) is 0 Å². The molecule has 0 unspecified atom stereocenters. The molecule has 3 heterocycles. The van der Waals surface area contributed by atoms with Crippen LogP contribution in [0.15, 0.2) is 172 Å². The lowest BCUT2D eigenvalue weighted by molar-refractivity contribution is 0.666. The third-order valence-corrected chi connectivity index (χ3v) is 10.3. The molecule has 0 saturated heterocycles. The van der Waals surface area contributed by atoms with Crippen molar-refractivity contribution >= 4 is 72.6 Å². The third kappa shape index (κ3) is 3.74. The maximum atomic E-state index is 6.49. The number of hydrogen-bond acceptors (Lipinski definition) is 3. The van der Waals surface area contributed by atoms with Gasteiger partial charge in [0.15, 0.2) is 5.58 Å². The number of nitrogens with zero attached hydrogens (tertiary/aromatic N) is 2. The van der Waals surface area contributed by atoms with E-state index in [1.807, 2.05) is 23.9 Å². The first kappa shape index (κ1) is 25.6. The van der Waals surface area contributed by atoms with E-state index < -0.39 is 0 Å². The highest BCUT2D eigenvalue weighted by Crippen LogP contribution is 2.52. The summed E-state index contributed by atoms with van der Waals surface area (Å²) in [5.74, 6) is 0. The predicted molar refractivity (Wildman–Crippen MR) is 192 cm³/mol. The van der Waals surface area contributed by atoms with Crippen molar-refractivity contribution in [2.45, 2.75) is 9.79 Å². The van der Waals surface area contributed by atoms with Crippen molar-refractivity contribution < 1.29 is 4.42 Å². The van der Waals surface area contributed by atoms with Gasteiger partial charge >= 0.3 is 0 Å². The van der Waals surface area contributed by atoms with Crippen LogP contribution >= 0.6 is 11.8 Å². The Balaban J connectivity index is 1.15. The molecule has 0 radical (unpaired) electrons. The molecule has 216 valence electrons. The van der Waals surface area contributed by atoms with Gasteiger partial charge in [-0.15, -0.1) is 0 Å². The van der Waals surface area contributed by atoms with E-state index in [-0.39, 0.29) is 0 Å². The monoisotopic (exact) mass is 606 g/mol. The topological polar surface area (TPSA) is 21.3 Å². The summed E-state index contributed by atoms with van der Waals surface area (Å²) in [6.45, 7) is 0. The zero-order valence-corrected chi connectivity index (χ0v) is 25.5. The number of hydrogen-bond donors (Lipinski definition) is 0. The van der Waals surface area contributed by atoms with Gasteiger partial charge in [0.25, 0.3) is 0 Å². The summed E-state index contributed by atoms with van der Waals surface area (Å²) in [4.78, 5) is 4.88. The Kier molecular flexibility index (Phi) is 5.51. The number of fused-ring (bicyclic) bond motifs is 8. The molecule has 0 aliphatic carbocycles. The van der Waals surface area contributed by atoms with Gasteiger partial charge in [0.1, 0.15) is 5.58 Å². The van der Waals surface area contributed by atoms with Crippen LogP contribution in [0.25, 0.3) is 60.6 Å². The Morgan fingerprint density at radius 1 is 0.435 bits per heavy atom. The van der Waals surface area contributed by atoms with Crippen LogP contribution in [-0.2, 0) is 0 Å². The summed E-state index contributed by atoms with van der Waals surface area (Å²) < 4.78 is 8.85. The molecule has 10 rings (SSSR count). The van der Waals surface area contributed by atoms with Crippen molar-refractivity contribution in [2.24, 2.45) is 0 Å². The molecule has 2 aromatic heterocycles. The number of anilines is 3. The molecule has 0 spiro atoms. The maximum Gasteiger partial charge on any atom is 0.159 e. The van der Waals surface area contributed by atoms with Gasteiger partial charge in [-0.05, 0) is 77.9 Å². The van der Waals surface area contributed by atoms with E-state index in [0.29, 0.717) is 0 Å². The standard InChI is InChI=1S/C42H26N2OS/c1-2-11-29(12-3-1)43-36-17-7-9-20-40(36)46-41-26-28(22-24-37(41)43)27-21-23-35-33(25-27)30-13-4-6-16-34(30)44(35)38-18-10-15-32-31-14-5-8-19-39(31)45-42(32)38/h1-26H. The summed E-state index contributed by atoms with van der Waals surface area (Å²) in [5, 5.41) is 4.72. The first-order chi connectivity index (χ1) is 22.8. The zero-order chi connectivity index (χ0) is 30.2. The number of furan rings is 1. The second-order valence-corrected chi connectivity index (χ2v) is 12.8. The fourth-order valence-electron chi connectivity index (χ4n) is 7.11. The molecule has 0 saturated carbocycles. The van der Waals surface area contributed by atoms with E-state index in [1.165, 1.54) is 48.6 Å². The van der Waals surface area contributed by atoms with Gasteiger partial charge in [-0.2, -0.15) is 0 Å². The first-order valence-corrected chi connectivity index (χ1v) is 16.3. The number of rotatable bonds is 3. The number of benzene rings is 7. The minimum absolute atomic E-state index is 0.908. The second-order valence-electron chi connectivity index (χ2n) is 11.8. The Bertz CT molecular complexity index is 2630. The van der Waals surface area contributed by atoms with Crippen molar-refractivity contribution in [3.05, 3.63) is 158 Å². The van der Waals surface area contributed by atoms with Crippen molar-refractivity contribution in [3.8, 4) is 16.8 Å². The van der Waals surface area contributed by atoms with Crippen molar-refractivity contribution in [1.29, 1.82) is 0 Å². The van der Waals surface area contributed by atoms with Gasteiger partial charge in [-0.1, -0.05) is 103 Å². The lowest BCUT2D eigenvalue weighted by atomic mass is 10.0. The Morgan fingerprint density at radius 3 is 2.04 bits per heavy atom. The first-order valence-electron chi connectivity index (χ1n) is 15.5. The molecule has 0 amide bonds. The third-order valence-electron chi connectivity index (χ3n) is 9.17. The lowest BCUT2D eigenvalue weighted by Crippen LogP contribution is -2.14.